The third-order valence-corrected chi connectivity index (χ3v) is 4.19. The number of carbonyl (C=O) groups excluding carboxylic acids is 2. The van der Waals surface area contributed by atoms with Crippen molar-refractivity contribution in [2.45, 2.75) is 12.5 Å². The zero-order valence-corrected chi connectivity index (χ0v) is 14.9. The van der Waals surface area contributed by atoms with Gasteiger partial charge in [0.25, 0.3) is 5.91 Å². The molecule has 0 aliphatic rings. The van der Waals surface area contributed by atoms with E-state index in [1.807, 2.05) is 6.92 Å². The minimum Gasteiger partial charge on any atom is -0.496 e. The van der Waals surface area contributed by atoms with Crippen molar-refractivity contribution in [1.29, 1.82) is 0 Å². The molecule has 6 heteroatoms. The molecule has 0 aromatic heterocycles. The maximum Gasteiger partial charge on any atom is 0.337 e. The van der Waals surface area contributed by atoms with Gasteiger partial charge in [-0.2, -0.15) is 0 Å². The Balaban J connectivity index is 2.84. The number of ether oxygens (including phenoxy) is 2. The van der Waals surface area contributed by atoms with E-state index in [2.05, 4.69) is 6.58 Å². The second-order valence-electron chi connectivity index (χ2n) is 5.79. The summed E-state index contributed by atoms with van der Waals surface area (Å²) in [5.41, 5.74) is 4.76. The Hall–Kier alpha value is -3.12. The summed E-state index contributed by atoms with van der Waals surface area (Å²) in [7, 11) is 2.60. The lowest BCUT2D eigenvalue weighted by Crippen LogP contribution is -2.43. The van der Waals surface area contributed by atoms with Gasteiger partial charge < -0.3 is 20.3 Å². The standard InChI is InChI=1S/C20H21NO5/c1-12-8-10-14(11-9-12)20(24,19(21)23)17-15(13(2)18(22)26-4)6-5-7-16(17)25-3/h5-11,24H,2H2,1,3-4H3,(H2,21,23). The molecule has 0 bridgehead atoms. The van der Waals surface area contributed by atoms with E-state index in [0.717, 1.165) is 5.56 Å². The third-order valence-electron chi connectivity index (χ3n) is 4.19. The number of esters is 1. The fraction of sp³-hybridized carbons (Fsp3) is 0.200. The lowest BCUT2D eigenvalue weighted by atomic mass is 9.80. The van der Waals surface area contributed by atoms with Crippen LogP contribution in [-0.4, -0.2) is 31.2 Å². The van der Waals surface area contributed by atoms with Gasteiger partial charge in [0.2, 0.25) is 0 Å². The molecular formula is C20H21NO5. The van der Waals surface area contributed by atoms with Crippen molar-refractivity contribution < 1.29 is 24.2 Å². The van der Waals surface area contributed by atoms with Crippen molar-refractivity contribution in [3.8, 4) is 5.75 Å². The number of benzene rings is 2. The van der Waals surface area contributed by atoms with Gasteiger partial charge in [-0.3, -0.25) is 4.79 Å². The van der Waals surface area contributed by atoms with E-state index >= 15 is 0 Å². The first-order valence-corrected chi connectivity index (χ1v) is 7.81. The van der Waals surface area contributed by atoms with Gasteiger partial charge in [0.15, 0.2) is 5.60 Å². The van der Waals surface area contributed by atoms with Gasteiger partial charge in [0.05, 0.1) is 19.8 Å². The van der Waals surface area contributed by atoms with E-state index < -0.39 is 17.5 Å². The van der Waals surface area contributed by atoms with Crippen molar-refractivity contribution in [2.24, 2.45) is 5.73 Å². The SMILES string of the molecule is C=C(C(=O)OC)c1cccc(OC)c1C(O)(C(N)=O)c1ccc(C)cc1. The van der Waals surface area contributed by atoms with Gasteiger partial charge in [-0.1, -0.05) is 48.5 Å². The summed E-state index contributed by atoms with van der Waals surface area (Å²) < 4.78 is 10.0. The lowest BCUT2D eigenvalue weighted by Gasteiger charge is -2.30. The van der Waals surface area contributed by atoms with E-state index in [-0.39, 0.29) is 28.0 Å². The summed E-state index contributed by atoms with van der Waals surface area (Å²) in [5.74, 6) is -1.52. The third kappa shape index (κ3) is 3.19. The lowest BCUT2D eigenvalue weighted by molar-refractivity contribution is -0.134. The van der Waals surface area contributed by atoms with E-state index in [1.54, 1.807) is 42.5 Å². The molecule has 3 N–H and O–H groups in total. The monoisotopic (exact) mass is 355 g/mol. The molecule has 0 fully saturated rings. The number of rotatable bonds is 6. The van der Waals surface area contributed by atoms with Crippen LogP contribution in [-0.2, 0) is 19.9 Å². The van der Waals surface area contributed by atoms with E-state index in [4.69, 9.17) is 15.2 Å². The molecule has 2 aromatic carbocycles. The smallest absolute Gasteiger partial charge is 0.337 e. The second kappa shape index (κ2) is 7.41. The Labute approximate surface area is 151 Å². The molecule has 0 radical (unpaired) electrons. The fourth-order valence-corrected chi connectivity index (χ4v) is 2.76. The molecule has 0 heterocycles. The highest BCUT2D eigenvalue weighted by Gasteiger charge is 2.43. The van der Waals surface area contributed by atoms with Crippen LogP contribution < -0.4 is 10.5 Å². The van der Waals surface area contributed by atoms with Crippen molar-refractivity contribution in [3.05, 3.63) is 71.3 Å². The van der Waals surface area contributed by atoms with Crippen LogP contribution in [0.2, 0.25) is 0 Å². The number of aliphatic hydroxyl groups is 1. The summed E-state index contributed by atoms with van der Waals surface area (Å²) in [4.78, 5) is 24.3. The van der Waals surface area contributed by atoms with Gasteiger partial charge in [-0.05, 0) is 24.1 Å². The van der Waals surface area contributed by atoms with Crippen LogP contribution >= 0.6 is 0 Å². The molecule has 0 aliphatic heterocycles. The number of nitrogens with two attached hydrogens (primary N) is 1. The first-order chi connectivity index (χ1) is 12.3. The highest BCUT2D eigenvalue weighted by atomic mass is 16.5. The van der Waals surface area contributed by atoms with Crippen molar-refractivity contribution in [1.82, 2.24) is 0 Å². The van der Waals surface area contributed by atoms with Gasteiger partial charge >= 0.3 is 5.97 Å². The molecule has 2 aromatic rings. The van der Waals surface area contributed by atoms with Crippen LogP contribution in [0, 0.1) is 6.92 Å². The maximum atomic E-state index is 12.4. The molecule has 1 atom stereocenters. The summed E-state index contributed by atoms with van der Waals surface area (Å²) in [6.45, 7) is 5.59. The Kier molecular flexibility index (Phi) is 5.47. The molecule has 136 valence electrons. The second-order valence-corrected chi connectivity index (χ2v) is 5.79. The number of hydrogen-bond acceptors (Lipinski definition) is 5. The maximum absolute atomic E-state index is 12.4. The van der Waals surface area contributed by atoms with Crippen LogP contribution in [0.25, 0.3) is 5.57 Å². The quantitative estimate of drug-likeness (QED) is 0.609. The highest BCUT2D eigenvalue weighted by Crippen LogP contribution is 2.40. The van der Waals surface area contributed by atoms with E-state index in [9.17, 15) is 14.7 Å². The van der Waals surface area contributed by atoms with E-state index in [1.165, 1.54) is 14.2 Å². The minimum atomic E-state index is -2.23. The number of aryl methyl sites for hydroxylation is 1. The number of methoxy groups -OCH3 is 2. The molecule has 26 heavy (non-hydrogen) atoms. The molecule has 6 nitrogen and oxygen atoms in total. The zero-order chi connectivity index (χ0) is 19.5. The zero-order valence-electron chi connectivity index (χ0n) is 14.9. The van der Waals surface area contributed by atoms with Gasteiger partial charge in [-0.25, -0.2) is 4.79 Å². The number of primary amides is 1. The predicted molar refractivity (Wildman–Crippen MR) is 97.4 cm³/mol. The predicted octanol–water partition coefficient (Wildman–Crippen LogP) is 1.91. The van der Waals surface area contributed by atoms with Crippen molar-refractivity contribution >= 4 is 17.4 Å². The topological polar surface area (TPSA) is 98.8 Å². The van der Waals surface area contributed by atoms with E-state index in [0.29, 0.717) is 0 Å². The van der Waals surface area contributed by atoms with Gasteiger partial charge in [0, 0.05) is 5.56 Å². The summed E-state index contributed by atoms with van der Waals surface area (Å²) in [5, 5.41) is 11.4. The summed E-state index contributed by atoms with van der Waals surface area (Å²) in [6, 6.07) is 11.4. The van der Waals surface area contributed by atoms with Gasteiger partial charge in [0.1, 0.15) is 5.75 Å². The molecule has 0 saturated carbocycles. The molecule has 1 unspecified atom stereocenters. The molecule has 0 saturated heterocycles. The number of amides is 1. The van der Waals surface area contributed by atoms with Crippen LogP contribution in [0.15, 0.2) is 49.0 Å². The molecule has 0 aliphatic carbocycles. The number of hydrogen-bond donors (Lipinski definition) is 2. The van der Waals surface area contributed by atoms with Crippen LogP contribution in [0.5, 0.6) is 5.75 Å². The summed E-state index contributed by atoms with van der Waals surface area (Å²) in [6.07, 6.45) is 0. The summed E-state index contributed by atoms with van der Waals surface area (Å²) >= 11 is 0. The Morgan fingerprint density at radius 3 is 2.23 bits per heavy atom. The van der Waals surface area contributed by atoms with Crippen LogP contribution in [0.4, 0.5) is 0 Å². The number of carbonyl (C=O) groups is 2. The van der Waals surface area contributed by atoms with Gasteiger partial charge in [-0.15, -0.1) is 0 Å². The van der Waals surface area contributed by atoms with Crippen molar-refractivity contribution in [3.63, 3.8) is 0 Å². The largest absolute Gasteiger partial charge is 0.496 e. The van der Waals surface area contributed by atoms with Crippen molar-refractivity contribution in [2.75, 3.05) is 14.2 Å². The Morgan fingerprint density at radius 1 is 1.12 bits per heavy atom. The molecule has 0 spiro atoms. The minimum absolute atomic E-state index is 0.0341. The molecule has 2 rings (SSSR count). The Bertz CT molecular complexity index is 857. The van der Waals surface area contributed by atoms with Crippen LogP contribution in [0.3, 0.4) is 0 Å². The molecular weight excluding hydrogens is 334 g/mol. The fourth-order valence-electron chi connectivity index (χ4n) is 2.76. The first-order valence-electron chi connectivity index (χ1n) is 7.81. The first kappa shape index (κ1) is 19.2. The Morgan fingerprint density at radius 2 is 1.73 bits per heavy atom. The average molecular weight is 355 g/mol. The highest BCUT2D eigenvalue weighted by molar-refractivity contribution is 6.16. The normalized spacial score (nSPS) is 12.8. The average Bonchev–Trinajstić information content (AvgIpc) is 2.65. The van der Waals surface area contributed by atoms with Crippen LogP contribution in [0.1, 0.15) is 22.3 Å². The molecule has 1 amide bonds.